The van der Waals surface area contributed by atoms with Crippen LogP contribution in [-0.4, -0.2) is 29.8 Å². The van der Waals surface area contributed by atoms with Crippen LogP contribution in [0.3, 0.4) is 0 Å². The van der Waals surface area contributed by atoms with Crippen LogP contribution < -0.4 is 5.73 Å². The van der Waals surface area contributed by atoms with Crippen molar-refractivity contribution in [1.82, 2.24) is 4.90 Å². The summed E-state index contributed by atoms with van der Waals surface area (Å²) in [7, 11) is 0. The zero-order chi connectivity index (χ0) is 13.4. The maximum atomic E-state index is 11.9. The van der Waals surface area contributed by atoms with E-state index in [9.17, 15) is 9.59 Å². The van der Waals surface area contributed by atoms with E-state index in [1.54, 1.807) is 6.08 Å². The molecule has 4 nitrogen and oxygen atoms in total. The minimum Gasteiger partial charge on any atom is -0.330 e. The average Bonchev–Trinajstić information content (AvgIpc) is 2.36. The molecule has 0 spiro atoms. The van der Waals surface area contributed by atoms with Gasteiger partial charge >= 0.3 is 0 Å². The van der Waals surface area contributed by atoms with Crippen molar-refractivity contribution in [3.8, 4) is 0 Å². The summed E-state index contributed by atoms with van der Waals surface area (Å²) in [5.74, 6) is -0.108. The van der Waals surface area contributed by atoms with Crippen LogP contribution in [0.2, 0.25) is 0 Å². The molecule has 1 atom stereocenters. The van der Waals surface area contributed by atoms with Gasteiger partial charge in [0.05, 0.1) is 0 Å². The molecule has 2 N–H and O–H groups in total. The normalized spacial score (nSPS) is 17.4. The van der Waals surface area contributed by atoms with E-state index in [1.165, 1.54) is 17.1 Å². The Bertz CT molecular complexity index is 342. The molecule has 0 radical (unpaired) electrons. The Morgan fingerprint density at radius 3 is 2.94 bits per heavy atom. The molecule has 1 aliphatic rings. The number of amides is 2. The third kappa shape index (κ3) is 4.45. The van der Waals surface area contributed by atoms with Crippen molar-refractivity contribution in [3.05, 3.63) is 24.3 Å². The zero-order valence-electron chi connectivity index (χ0n) is 11.0. The van der Waals surface area contributed by atoms with Gasteiger partial charge in [0.2, 0.25) is 0 Å². The first-order chi connectivity index (χ1) is 8.69. The van der Waals surface area contributed by atoms with Crippen LogP contribution in [0.4, 0.5) is 0 Å². The lowest BCUT2D eigenvalue weighted by Gasteiger charge is -2.20. The minimum absolute atomic E-state index is 0.220. The van der Waals surface area contributed by atoms with Gasteiger partial charge in [-0.3, -0.25) is 14.5 Å². The third-order valence-electron chi connectivity index (χ3n) is 3.02. The predicted molar refractivity (Wildman–Crippen MR) is 71.7 cm³/mol. The van der Waals surface area contributed by atoms with Crippen molar-refractivity contribution in [2.45, 2.75) is 32.6 Å². The molecule has 0 aliphatic carbocycles. The molecule has 0 bridgehead atoms. The maximum Gasteiger partial charge on any atom is 0.253 e. The van der Waals surface area contributed by atoms with Gasteiger partial charge < -0.3 is 5.73 Å². The highest BCUT2D eigenvalue weighted by atomic mass is 16.2. The lowest BCUT2D eigenvalue weighted by atomic mass is 9.99. The second-order valence-electron chi connectivity index (χ2n) is 4.50. The molecule has 4 heteroatoms. The lowest BCUT2D eigenvalue weighted by Crippen LogP contribution is -2.37. The predicted octanol–water partition coefficient (Wildman–Crippen LogP) is 1.62. The summed E-state index contributed by atoms with van der Waals surface area (Å²) in [5.41, 5.74) is 5.54. The molecule has 0 saturated heterocycles. The lowest BCUT2D eigenvalue weighted by molar-refractivity contribution is -0.139. The largest absolute Gasteiger partial charge is 0.330 e. The van der Waals surface area contributed by atoms with Gasteiger partial charge in [0.1, 0.15) is 0 Å². The highest BCUT2D eigenvalue weighted by molar-refractivity contribution is 6.05. The molecule has 0 aromatic carbocycles. The van der Waals surface area contributed by atoms with Crippen molar-refractivity contribution in [3.63, 3.8) is 0 Å². The van der Waals surface area contributed by atoms with Crippen LogP contribution in [0.5, 0.6) is 0 Å². The first-order valence-corrected chi connectivity index (χ1v) is 6.59. The van der Waals surface area contributed by atoms with Gasteiger partial charge in [0.15, 0.2) is 0 Å². The fourth-order valence-electron chi connectivity index (χ4n) is 2.04. The molecule has 18 heavy (non-hydrogen) atoms. The van der Waals surface area contributed by atoms with Crippen molar-refractivity contribution < 1.29 is 9.59 Å². The molecule has 0 aromatic rings. The van der Waals surface area contributed by atoms with E-state index in [2.05, 4.69) is 6.92 Å². The maximum absolute atomic E-state index is 11.9. The molecule has 0 saturated carbocycles. The van der Waals surface area contributed by atoms with Crippen LogP contribution in [0.15, 0.2) is 24.3 Å². The second kappa shape index (κ2) is 7.82. The number of carbonyl (C=O) groups excluding carboxylic acids is 2. The number of allylic oxidation sites excluding steroid dienone is 1. The second-order valence-corrected chi connectivity index (χ2v) is 4.50. The highest BCUT2D eigenvalue weighted by Crippen LogP contribution is 2.12. The Hall–Kier alpha value is -1.42. The number of carbonyl (C=O) groups is 2. The highest BCUT2D eigenvalue weighted by Gasteiger charge is 2.19. The summed E-state index contributed by atoms with van der Waals surface area (Å²) in [4.78, 5) is 24.7. The molecule has 1 rings (SSSR count). The molecular formula is C14H22N2O2. The number of hydrogen-bond donors (Lipinski definition) is 1. The Morgan fingerprint density at radius 2 is 2.33 bits per heavy atom. The molecular weight excluding hydrogens is 228 g/mol. The standard InChI is InChI=1S/C14H22N2O2/c1-2-5-12(9-10-15)7-8-14(18)16-11-4-3-6-13(16)17/h3,6-8,12H,2,4-5,9-11,15H2,1H3/b8-7+. The van der Waals surface area contributed by atoms with Gasteiger partial charge in [0, 0.05) is 6.54 Å². The van der Waals surface area contributed by atoms with Crippen molar-refractivity contribution in [2.24, 2.45) is 11.7 Å². The monoisotopic (exact) mass is 250 g/mol. The number of hydrogen-bond acceptors (Lipinski definition) is 3. The van der Waals surface area contributed by atoms with E-state index < -0.39 is 0 Å². The fourth-order valence-corrected chi connectivity index (χ4v) is 2.04. The van der Waals surface area contributed by atoms with E-state index in [0.29, 0.717) is 19.0 Å². The van der Waals surface area contributed by atoms with Gasteiger partial charge in [-0.2, -0.15) is 0 Å². The smallest absolute Gasteiger partial charge is 0.253 e. The van der Waals surface area contributed by atoms with Crippen LogP contribution in [0.1, 0.15) is 32.6 Å². The van der Waals surface area contributed by atoms with E-state index in [1.807, 2.05) is 6.08 Å². The summed E-state index contributed by atoms with van der Waals surface area (Å²) < 4.78 is 0. The van der Waals surface area contributed by atoms with Crippen molar-refractivity contribution in [1.29, 1.82) is 0 Å². The summed E-state index contributed by atoms with van der Waals surface area (Å²) in [6.07, 6.45) is 10.4. The average molecular weight is 250 g/mol. The number of nitrogens with zero attached hydrogens (tertiary/aromatic N) is 1. The van der Waals surface area contributed by atoms with Crippen LogP contribution in [-0.2, 0) is 9.59 Å². The fraction of sp³-hybridized carbons (Fsp3) is 0.571. The zero-order valence-corrected chi connectivity index (χ0v) is 11.0. The van der Waals surface area contributed by atoms with Crippen LogP contribution in [0.25, 0.3) is 0 Å². The molecule has 2 amide bonds. The Balaban J connectivity index is 2.56. The van der Waals surface area contributed by atoms with Gasteiger partial charge in [0.25, 0.3) is 11.8 Å². The van der Waals surface area contributed by atoms with Crippen molar-refractivity contribution in [2.75, 3.05) is 13.1 Å². The Morgan fingerprint density at radius 1 is 1.56 bits per heavy atom. The Kier molecular flexibility index (Phi) is 6.36. The molecule has 1 unspecified atom stereocenters. The van der Waals surface area contributed by atoms with Crippen LogP contribution in [0, 0.1) is 5.92 Å². The molecule has 100 valence electrons. The first-order valence-electron chi connectivity index (χ1n) is 6.59. The quantitative estimate of drug-likeness (QED) is 0.729. The molecule has 1 aliphatic heterocycles. The van der Waals surface area contributed by atoms with Gasteiger partial charge in [-0.25, -0.2) is 0 Å². The van der Waals surface area contributed by atoms with E-state index in [-0.39, 0.29) is 11.8 Å². The summed E-state index contributed by atoms with van der Waals surface area (Å²) in [5, 5.41) is 0. The SMILES string of the molecule is CCCC(/C=C/C(=O)N1CCC=CC1=O)CCN. The van der Waals surface area contributed by atoms with Gasteiger partial charge in [-0.05, 0) is 43.9 Å². The van der Waals surface area contributed by atoms with Crippen LogP contribution >= 0.6 is 0 Å². The molecule has 0 fully saturated rings. The first kappa shape index (κ1) is 14.6. The molecule has 0 aromatic heterocycles. The summed E-state index contributed by atoms with van der Waals surface area (Å²) >= 11 is 0. The van der Waals surface area contributed by atoms with Gasteiger partial charge in [-0.15, -0.1) is 0 Å². The topological polar surface area (TPSA) is 63.4 Å². The number of rotatable bonds is 6. The minimum atomic E-state index is -0.221. The van der Waals surface area contributed by atoms with E-state index in [4.69, 9.17) is 5.73 Å². The molecule has 1 heterocycles. The van der Waals surface area contributed by atoms with Gasteiger partial charge in [-0.1, -0.05) is 25.5 Å². The van der Waals surface area contributed by atoms with E-state index >= 15 is 0 Å². The summed E-state index contributed by atoms with van der Waals surface area (Å²) in [6, 6.07) is 0. The van der Waals surface area contributed by atoms with E-state index in [0.717, 1.165) is 25.7 Å². The number of imide groups is 1. The van der Waals surface area contributed by atoms with Crippen molar-refractivity contribution >= 4 is 11.8 Å². The summed E-state index contributed by atoms with van der Waals surface area (Å²) in [6.45, 7) is 3.21. The Labute approximate surface area is 109 Å². The number of nitrogens with two attached hydrogens (primary N) is 1. The third-order valence-corrected chi connectivity index (χ3v) is 3.02.